The quantitative estimate of drug-likeness (QED) is 0.803. The second-order valence-electron chi connectivity index (χ2n) is 6.49. The molecule has 2 aliphatic heterocycles. The number of nitrogens with one attached hydrogen (secondary N) is 1. The maximum Gasteiger partial charge on any atom is 0.0277 e. The van der Waals surface area contributed by atoms with E-state index in [4.69, 9.17) is 0 Å². The number of piperidine rings is 1. The third-order valence-electron chi connectivity index (χ3n) is 4.71. The lowest BCUT2D eigenvalue weighted by Gasteiger charge is -2.45. The molecule has 0 aromatic heterocycles. The van der Waals surface area contributed by atoms with Crippen molar-refractivity contribution >= 4 is 0 Å². The highest BCUT2D eigenvalue weighted by Crippen LogP contribution is 2.21. The van der Waals surface area contributed by atoms with Crippen molar-refractivity contribution in [1.29, 1.82) is 0 Å². The van der Waals surface area contributed by atoms with Crippen LogP contribution in [-0.4, -0.2) is 61.7 Å². The van der Waals surface area contributed by atoms with Crippen LogP contribution in [0.15, 0.2) is 0 Å². The maximum absolute atomic E-state index is 3.45. The molecule has 1 N–H and O–H groups in total. The topological polar surface area (TPSA) is 18.5 Å². The van der Waals surface area contributed by atoms with Gasteiger partial charge in [0.05, 0.1) is 0 Å². The Morgan fingerprint density at radius 1 is 1.18 bits per heavy atom. The van der Waals surface area contributed by atoms with E-state index in [1.165, 1.54) is 58.5 Å². The van der Waals surface area contributed by atoms with E-state index in [1.807, 2.05) is 0 Å². The SMILES string of the molecule is CN1CCN(CCC2CCNCC2)CC1(C)C. The largest absolute Gasteiger partial charge is 0.317 e. The lowest BCUT2D eigenvalue weighted by Crippen LogP contribution is -2.57. The van der Waals surface area contributed by atoms with Crippen LogP contribution in [0.3, 0.4) is 0 Å². The van der Waals surface area contributed by atoms with Gasteiger partial charge in [0, 0.05) is 25.2 Å². The highest BCUT2D eigenvalue weighted by Gasteiger charge is 2.30. The van der Waals surface area contributed by atoms with Crippen molar-refractivity contribution in [3.8, 4) is 0 Å². The van der Waals surface area contributed by atoms with Crippen LogP contribution in [0.5, 0.6) is 0 Å². The van der Waals surface area contributed by atoms with Gasteiger partial charge < -0.3 is 10.2 Å². The lowest BCUT2D eigenvalue weighted by atomic mass is 9.93. The van der Waals surface area contributed by atoms with Gasteiger partial charge in [0.1, 0.15) is 0 Å². The van der Waals surface area contributed by atoms with E-state index in [-0.39, 0.29) is 0 Å². The first-order valence-corrected chi connectivity index (χ1v) is 7.22. The molecule has 0 spiro atoms. The summed E-state index contributed by atoms with van der Waals surface area (Å²) in [7, 11) is 2.25. The van der Waals surface area contributed by atoms with Gasteiger partial charge in [-0.15, -0.1) is 0 Å². The molecule has 100 valence electrons. The van der Waals surface area contributed by atoms with E-state index in [1.54, 1.807) is 0 Å². The van der Waals surface area contributed by atoms with Crippen LogP contribution in [0, 0.1) is 5.92 Å². The van der Waals surface area contributed by atoms with Gasteiger partial charge in [-0.2, -0.15) is 0 Å². The molecule has 2 fully saturated rings. The highest BCUT2D eigenvalue weighted by molar-refractivity contribution is 4.88. The van der Waals surface area contributed by atoms with Crippen LogP contribution in [0.4, 0.5) is 0 Å². The monoisotopic (exact) mass is 239 g/mol. The fraction of sp³-hybridized carbons (Fsp3) is 1.00. The maximum atomic E-state index is 3.45. The summed E-state index contributed by atoms with van der Waals surface area (Å²) in [4.78, 5) is 5.16. The first-order chi connectivity index (χ1) is 8.08. The van der Waals surface area contributed by atoms with E-state index in [2.05, 4.69) is 36.0 Å². The van der Waals surface area contributed by atoms with Gasteiger partial charge in [0.15, 0.2) is 0 Å². The molecule has 2 saturated heterocycles. The van der Waals surface area contributed by atoms with Crippen LogP contribution >= 0.6 is 0 Å². The Hall–Kier alpha value is -0.120. The molecule has 3 nitrogen and oxygen atoms in total. The molecule has 0 aromatic rings. The predicted molar refractivity (Wildman–Crippen MR) is 73.4 cm³/mol. The average Bonchev–Trinajstić information content (AvgIpc) is 2.32. The van der Waals surface area contributed by atoms with Gasteiger partial charge in [-0.1, -0.05) is 0 Å². The predicted octanol–water partition coefficient (Wildman–Crippen LogP) is 1.40. The standard InChI is InChI=1S/C14H29N3/c1-14(2)12-17(11-10-16(14)3)9-6-13-4-7-15-8-5-13/h13,15H,4-12H2,1-3H3. The second kappa shape index (κ2) is 5.68. The summed E-state index contributed by atoms with van der Waals surface area (Å²) in [5.41, 5.74) is 0.354. The van der Waals surface area contributed by atoms with Gasteiger partial charge in [0.2, 0.25) is 0 Å². The minimum absolute atomic E-state index is 0.354. The van der Waals surface area contributed by atoms with Crippen molar-refractivity contribution in [2.75, 3.05) is 46.3 Å². The van der Waals surface area contributed by atoms with Crippen molar-refractivity contribution in [2.24, 2.45) is 5.92 Å². The molecule has 0 saturated carbocycles. The molecule has 0 aliphatic carbocycles. The van der Waals surface area contributed by atoms with Gasteiger partial charge in [-0.05, 0) is 65.7 Å². The Bertz CT molecular complexity index is 234. The van der Waals surface area contributed by atoms with Crippen LogP contribution in [0.2, 0.25) is 0 Å². The first kappa shape index (κ1) is 13.3. The summed E-state index contributed by atoms with van der Waals surface area (Å²) in [6.45, 7) is 12.2. The van der Waals surface area contributed by atoms with Crippen LogP contribution < -0.4 is 5.32 Å². The fourth-order valence-corrected chi connectivity index (χ4v) is 3.07. The Balaban J connectivity index is 1.72. The molecule has 0 aromatic carbocycles. The summed E-state index contributed by atoms with van der Waals surface area (Å²) in [5, 5.41) is 3.45. The van der Waals surface area contributed by atoms with Gasteiger partial charge in [-0.25, -0.2) is 0 Å². The Morgan fingerprint density at radius 2 is 1.88 bits per heavy atom. The van der Waals surface area contributed by atoms with E-state index in [0.29, 0.717) is 5.54 Å². The zero-order valence-electron chi connectivity index (χ0n) is 11.8. The van der Waals surface area contributed by atoms with Crippen molar-refractivity contribution < 1.29 is 0 Å². The van der Waals surface area contributed by atoms with E-state index >= 15 is 0 Å². The number of hydrogen-bond acceptors (Lipinski definition) is 3. The first-order valence-electron chi connectivity index (χ1n) is 7.22. The Morgan fingerprint density at radius 3 is 2.53 bits per heavy atom. The number of nitrogens with zero attached hydrogens (tertiary/aromatic N) is 2. The fourth-order valence-electron chi connectivity index (χ4n) is 3.07. The number of hydrogen-bond donors (Lipinski definition) is 1. The van der Waals surface area contributed by atoms with Crippen molar-refractivity contribution in [1.82, 2.24) is 15.1 Å². The lowest BCUT2D eigenvalue weighted by molar-refractivity contribution is 0.0366. The van der Waals surface area contributed by atoms with Crippen molar-refractivity contribution in [2.45, 2.75) is 38.6 Å². The number of rotatable bonds is 3. The highest BCUT2D eigenvalue weighted by atomic mass is 15.3. The molecule has 2 heterocycles. The van der Waals surface area contributed by atoms with Crippen LogP contribution in [-0.2, 0) is 0 Å². The zero-order chi connectivity index (χ0) is 12.3. The summed E-state index contributed by atoms with van der Waals surface area (Å²) < 4.78 is 0. The molecule has 0 bridgehead atoms. The van der Waals surface area contributed by atoms with Crippen molar-refractivity contribution in [3.63, 3.8) is 0 Å². The Labute approximate surface area is 107 Å². The molecule has 2 aliphatic rings. The normalized spacial score (nSPS) is 28.4. The second-order valence-corrected chi connectivity index (χ2v) is 6.49. The van der Waals surface area contributed by atoms with Crippen molar-refractivity contribution in [3.05, 3.63) is 0 Å². The molecular weight excluding hydrogens is 210 g/mol. The molecule has 3 heteroatoms. The molecule has 0 atom stereocenters. The summed E-state index contributed by atoms with van der Waals surface area (Å²) in [5.74, 6) is 0.971. The molecule has 2 rings (SSSR count). The van der Waals surface area contributed by atoms with Crippen LogP contribution in [0.25, 0.3) is 0 Å². The summed E-state index contributed by atoms with van der Waals surface area (Å²) >= 11 is 0. The summed E-state index contributed by atoms with van der Waals surface area (Å²) in [6, 6.07) is 0. The van der Waals surface area contributed by atoms with Gasteiger partial charge in [0.25, 0.3) is 0 Å². The molecule has 0 amide bonds. The minimum Gasteiger partial charge on any atom is -0.317 e. The minimum atomic E-state index is 0.354. The van der Waals surface area contributed by atoms with E-state index in [9.17, 15) is 0 Å². The Kier molecular flexibility index (Phi) is 4.45. The van der Waals surface area contributed by atoms with Crippen LogP contribution in [0.1, 0.15) is 33.1 Å². The van der Waals surface area contributed by atoms with E-state index < -0.39 is 0 Å². The molecule has 0 radical (unpaired) electrons. The van der Waals surface area contributed by atoms with Gasteiger partial charge in [-0.3, -0.25) is 4.90 Å². The van der Waals surface area contributed by atoms with E-state index in [0.717, 1.165) is 5.92 Å². The van der Waals surface area contributed by atoms with Gasteiger partial charge >= 0.3 is 0 Å². The average molecular weight is 239 g/mol. The molecule has 17 heavy (non-hydrogen) atoms. The zero-order valence-corrected chi connectivity index (χ0v) is 11.8. The third kappa shape index (κ3) is 3.67. The molecule has 0 unspecified atom stereocenters. The summed E-state index contributed by atoms with van der Waals surface area (Å²) in [6.07, 6.45) is 4.18. The number of piperazine rings is 1. The number of likely N-dealkylation sites (N-methyl/N-ethyl adjacent to an activating group) is 1. The molecular formula is C14H29N3. The smallest absolute Gasteiger partial charge is 0.0277 e. The third-order valence-corrected chi connectivity index (χ3v) is 4.71.